The maximum Gasteiger partial charge on any atom is 0.280 e. The van der Waals surface area contributed by atoms with Gasteiger partial charge < -0.3 is 4.98 Å². The highest BCUT2D eigenvalue weighted by molar-refractivity contribution is 7.99. The van der Waals surface area contributed by atoms with Crippen LogP contribution in [0.2, 0.25) is 0 Å². The summed E-state index contributed by atoms with van der Waals surface area (Å²) in [6, 6.07) is 0. The molecule has 0 bridgehead atoms. The highest BCUT2D eigenvalue weighted by Crippen LogP contribution is 2.33. The number of imidazole rings is 1. The molecule has 0 amide bonds. The summed E-state index contributed by atoms with van der Waals surface area (Å²) in [5.74, 6) is 1.24. The second kappa shape index (κ2) is 9.76. The first kappa shape index (κ1) is 20.4. The Morgan fingerprint density at radius 1 is 1.15 bits per heavy atom. The van der Waals surface area contributed by atoms with Crippen molar-refractivity contribution in [2.24, 2.45) is 0 Å². The molecular formula is C21H34N4OS. The average Bonchev–Trinajstić information content (AvgIpc) is 3.10. The Hall–Kier alpha value is -1.30. The topological polar surface area (TPSA) is 63.6 Å². The molecule has 1 N–H and O–H groups in total. The first-order valence-electron chi connectivity index (χ1n) is 10.8. The van der Waals surface area contributed by atoms with Crippen LogP contribution >= 0.6 is 11.8 Å². The van der Waals surface area contributed by atoms with Gasteiger partial charge in [-0.3, -0.25) is 9.36 Å². The fourth-order valence-electron chi connectivity index (χ4n) is 3.90. The number of unbranched alkanes of at least 4 members (excludes halogenated alkanes) is 2. The molecule has 1 saturated carbocycles. The first-order valence-corrected chi connectivity index (χ1v) is 11.7. The van der Waals surface area contributed by atoms with Crippen LogP contribution in [0.1, 0.15) is 96.7 Å². The van der Waals surface area contributed by atoms with Crippen molar-refractivity contribution >= 4 is 22.9 Å². The minimum atomic E-state index is 0.0414. The maximum atomic E-state index is 13.1. The van der Waals surface area contributed by atoms with E-state index in [1.807, 2.05) is 4.57 Å². The molecule has 2 aromatic heterocycles. The van der Waals surface area contributed by atoms with Crippen molar-refractivity contribution in [2.75, 3.05) is 0 Å². The molecule has 1 atom stereocenters. The van der Waals surface area contributed by atoms with Gasteiger partial charge in [0.2, 0.25) is 0 Å². The van der Waals surface area contributed by atoms with E-state index in [1.54, 1.807) is 11.8 Å². The normalized spacial score (nSPS) is 16.9. The Balaban J connectivity index is 1.90. The number of hydrogen-bond donors (Lipinski definition) is 1. The lowest BCUT2D eigenvalue weighted by atomic mass is 10.0. The molecule has 1 aliphatic rings. The van der Waals surface area contributed by atoms with Crippen LogP contribution in [0, 0.1) is 0 Å². The largest absolute Gasteiger partial charge is 0.336 e. The van der Waals surface area contributed by atoms with Crippen molar-refractivity contribution in [2.45, 2.75) is 108 Å². The Kier molecular flexibility index (Phi) is 7.39. The highest BCUT2D eigenvalue weighted by atomic mass is 32.2. The van der Waals surface area contributed by atoms with Gasteiger partial charge >= 0.3 is 0 Å². The van der Waals surface area contributed by atoms with E-state index in [-0.39, 0.29) is 5.56 Å². The second-order valence-electron chi connectivity index (χ2n) is 7.95. The molecule has 1 aliphatic carbocycles. The van der Waals surface area contributed by atoms with E-state index in [4.69, 9.17) is 9.97 Å². The van der Waals surface area contributed by atoms with Crippen LogP contribution in [0.5, 0.6) is 0 Å². The Morgan fingerprint density at radius 2 is 1.93 bits per heavy atom. The fraction of sp³-hybridized carbons (Fsp3) is 0.762. The summed E-state index contributed by atoms with van der Waals surface area (Å²) in [6.45, 7) is 7.24. The summed E-state index contributed by atoms with van der Waals surface area (Å²) in [5, 5.41) is 1.44. The van der Waals surface area contributed by atoms with Crippen LogP contribution in [0.15, 0.2) is 9.95 Å². The molecular weight excluding hydrogens is 356 g/mol. The molecule has 0 spiro atoms. The van der Waals surface area contributed by atoms with Gasteiger partial charge in [0.05, 0.1) is 0 Å². The SMILES string of the molecule is CCCCCC(C)c1nc2nc(SC3CCCCC3)n(CCC)c(=O)c2[nH]1. The zero-order valence-corrected chi connectivity index (χ0v) is 17.9. The Labute approximate surface area is 166 Å². The predicted molar refractivity (Wildman–Crippen MR) is 114 cm³/mol. The van der Waals surface area contributed by atoms with Crippen LogP contribution in [0.4, 0.5) is 0 Å². The molecule has 2 aromatic rings. The fourth-order valence-corrected chi connectivity index (χ4v) is 5.21. The number of aromatic nitrogens is 4. The molecule has 0 saturated heterocycles. The zero-order chi connectivity index (χ0) is 19.2. The number of aromatic amines is 1. The third-order valence-corrected chi connectivity index (χ3v) is 6.90. The molecule has 2 heterocycles. The van der Waals surface area contributed by atoms with Gasteiger partial charge in [0, 0.05) is 17.7 Å². The summed E-state index contributed by atoms with van der Waals surface area (Å²) in [6.07, 6.45) is 12.1. The molecule has 1 fully saturated rings. The lowest BCUT2D eigenvalue weighted by molar-refractivity contribution is 0.511. The molecule has 0 aromatic carbocycles. The molecule has 150 valence electrons. The monoisotopic (exact) mass is 390 g/mol. The molecule has 5 nitrogen and oxygen atoms in total. The highest BCUT2D eigenvalue weighted by Gasteiger charge is 2.21. The molecule has 0 aliphatic heterocycles. The van der Waals surface area contributed by atoms with Gasteiger partial charge in [-0.2, -0.15) is 0 Å². The zero-order valence-electron chi connectivity index (χ0n) is 17.1. The van der Waals surface area contributed by atoms with Gasteiger partial charge in [0.1, 0.15) is 5.82 Å². The number of nitrogens with zero attached hydrogens (tertiary/aromatic N) is 3. The van der Waals surface area contributed by atoms with Gasteiger partial charge in [0.25, 0.3) is 5.56 Å². The number of hydrogen-bond acceptors (Lipinski definition) is 4. The second-order valence-corrected chi connectivity index (χ2v) is 9.21. The smallest absolute Gasteiger partial charge is 0.280 e. The van der Waals surface area contributed by atoms with Gasteiger partial charge in [-0.1, -0.05) is 71.1 Å². The predicted octanol–water partition coefficient (Wildman–Crippen LogP) is 5.64. The van der Waals surface area contributed by atoms with Gasteiger partial charge in [-0.15, -0.1) is 0 Å². The summed E-state index contributed by atoms with van der Waals surface area (Å²) in [7, 11) is 0. The lowest BCUT2D eigenvalue weighted by Gasteiger charge is -2.21. The molecule has 1 unspecified atom stereocenters. The standard InChI is InChI=1S/C21H34N4OS/c1-4-6-8-11-15(3)18-22-17-19(23-18)24-21(25(14-5-2)20(17)26)27-16-12-9-7-10-13-16/h15-16H,4-14H2,1-3H3,(H,22,23). The van der Waals surface area contributed by atoms with Crippen molar-refractivity contribution in [3.8, 4) is 0 Å². The van der Waals surface area contributed by atoms with Crippen molar-refractivity contribution < 1.29 is 0 Å². The van der Waals surface area contributed by atoms with Crippen molar-refractivity contribution in [1.82, 2.24) is 19.5 Å². The minimum absolute atomic E-state index is 0.0414. The van der Waals surface area contributed by atoms with Crippen molar-refractivity contribution in [3.63, 3.8) is 0 Å². The molecule has 0 radical (unpaired) electrons. The van der Waals surface area contributed by atoms with Crippen molar-refractivity contribution in [1.29, 1.82) is 0 Å². The van der Waals surface area contributed by atoms with E-state index < -0.39 is 0 Å². The van der Waals surface area contributed by atoms with E-state index in [0.717, 1.165) is 30.4 Å². The number of nitrogens with one attached hydrogen (secondary N) is 1. The summed E-state index contributed by atoms with van der Waals surface area (Å²) < 4.78 is 1.87. The van der Waals surface area contributed by atoms with E-state index in [2.05, 4.69) is 25.8 Å². The van der Waals surface area contributed by atoms with E-state index in [9.17, 15) is 4.79 Å². The lowest BCUT2D eigenvalue weighted by Crippen LogP contribution is -2.24. The van der Waals surface area contributed by atoms with Gasteiger partial charge in [0.15, 0.2) is 16.3 Å². The van der Waals surface area contributed by atoms with Crippen LogP contribution in [-0.4, -0.2) is 24.8 Å². The van der Waals surface area contributed by atoms with Crippen LogP contribution in [0.3, 0.4) is 0 Å². The third-order valence-electron chi connectivity index (χ3n) is 5.57. The van der Waals surface area contributed by atoms with Crippen LogP contribution in [-0.2, 0) is 6.54 Å². The van der Waals surface area contributed by atoms with E-state index >= 15 is 0 Å². The third kappa shape index (κ3) is 4.95. The Morgan fingerprint density at radius 3 is 2.63 bits per heavy atom. The Bertz CT molecular complexity index is 791. The van der Waals surface area contributed by atoms with Crippen LogP contribution in [0.25, 0.3) is 11.2 Å². The minimum Gasteiger partial charge on any atom is -0.336 e. The van der Waals surface area contributed by atoms with E-state index in [0.29, 0.717) is 22.3 Å². The van der Waals surface area contributed by atoms with Crippen LogP contribution < -0.4 is 5.56 Å². The number of H-pyrrole nitrogens is 1. The molecule has 3 rings (SSSR count). The quantitative estimate of drug-likeness (QED) is 0.444. The number of thioether (sulfide) groups is 1. The summed E-state index contributed by atoms with van der Waals surface area (Å²) in [4.78, 5) is 26.0. The number of fused-ring (bicyclic) bond motifs is 1. The van der Waals surface area contributed by atoms with Gasteiger partial charge in [-0.05, 0) is 25.7 Å². The average molecular weight is 391 g/mol. The van der Waals surface area contributed by atoms with E-state index in [1.165, 1.54) is 51.4 Å². The summed E-state index contributed by atoms with van der Waals surface area (Å²) in [5.41, 5.74) is 1.22. The first-order chi connectivity index (χ1) is 13.1. The van der Waals surface area contributed by atoms with Crippen molar-refractivity contribution in [3.05, 3.63) is 16.2 Å². The number of rotatable bonds is 9. The molecule has 6 heteroatoms. The maximum absolute atomic E-state index is 13.1. The van der Waals surface area contributed by atoms with Gasteiger partial charge in [-0.25, -0.2) is 9.97 Å². The molecule has 27 heavy (non-hydrogen) atoms. The summed E-state index contributed by atoms with van der Waals surface area (Å²) >= 11 is 1.79.